The molecule has 0 aliphatic carbocycles. The molecule has 1 aromatic rings. The molecule has 1 fully saturated rings. The second-order valence-corrected chi connectivity index (χ2v) is 4.64. The zero-order valence-corrected chi connectivity index (χ0v) is 9.65. The summed E-state index contributed by atoms with van der Waals surface area (Å²) in [5, 5.41) is 5.76. The van der Waals surface area contributed by atoms with Gasteiger partial charge in [0.2, 0.25) is 0 Å². The van der Waals surface area contributed by atoms with Gasteiger partial charge in [-0.3, -0.25) is 5.14 Å². The first-order valence-corrected chi connectivity index (χ1v) is 6.05. The van der Waals surface area contributed by atoms with E-state index >= 15 is 0 Å². The topological polar surface area (TPSA) is 55.6 Å². The maximum atomic E-state index is 11.5. The van der Waals surface area contributed by atoms with Gasteiger partial charge in [-0.15, -0.1) is 0 Å². The monoisotopic (exact) mass is 238 g/mol. The second kappa shape index (κ2) is 5.23. The number of hydrogen-bond donors (Lipinski definition) is 1. The number of rotatable bonds is 3. The van der Waals surface area contributed by atoms with Gasteiger partial charge in [-0.2, -0.15) is 0 Å². The zero-order chi connectivity index (χ0) is 11.4. The average molecular weight is 238 g/mol. The van der Waals surface area contributed by atoms with Gasteiger partial charge in [-0.1, -0.05) is 42.3 Å². The Kier molecular flexibility index (Phi) is 3.69. The van der Waals surface area contributed by atoms with Crippen molar-refractivity contribution in [2.24, 2.45) is 5.14 Å². The molecule has 2 rings (SSSR count). The molecule has 5 heteroatoms. The molecule has 1 amide bonds. The van der Waals surface area contributed by atoms with Gasteiger partial charge in [0.25, 0.3) is 0 Å². The van der Waals surface area contributed by atoms with Crippen molar-refractivity contribution in [1.29, 1.82) is 0 Å². The molecule has 1 aliphatic heterocycles. The Labute approximate surface area is 98.9 Å². The summed E-state index contributed by atoms with van der Waals surface area (Å²) in [5.74, 6) is 0. The van der Waals surface area contributed by atoms with E-state index < -0.39 is 0 Å². The summed E-state index contributed by atoms with van der Waals surface area (Å²) in [4.78, 5) is 13.2. The van der Waals surface area contributed by atoms with E-state index in [1.807, 2.05) is 30.3 Å². The molecular formula is C11H14N2O2S. The Morgan fingerprint density at radius 3 is 2.75 bits per heavy atom. The van der Waals surface area contributed by atoms with Gasteiger partial charge in [-0.25, -0.2) is 4.79 Å². The highest BCUT2D eigenvalue weighted by molar-refractivity contribution is 7.97. The molecule has 1 aromatic carbocycles. The highest BCUT2D eigenvalue weighted by Crippen LogP contribution is 2.18. The summed E-state index contributed by atoms with van der Waals surface area (Å²) in [7, 11) is 0. The van der Waals surface area contributed by atoms with Gasteiger partial charge in [0, 0.05) is 13.1 Å². The predicted molar refractivity (Wildman–Crippen MR) is 63.8 cm³/mol. The van der Waals surface area contributed by atoms with Crippen molar-refractivity contribution in [3.8, 4) is 0 Å². The smallest absolute Gasteiger partial charge is 0.410 e. The van der Waals surface area contributed by atoms with Crippen molar-refractivity contribution in [3.05, 3.63) is 35.9 Å². The molecule has 0 spiro atoms. The van der Waals surface area contributed by atoms with E-state index in [1.54, 1.807) is 4.90 Å². The SMILES string of the molecule is NSC1CN(C(=O)OCc2ccccc2)C1. The fourth-order valence-electron chi connectivity index (χ4n) is 1.48. The second-order valence-electron chi connectivity index (χ2n) is 3.70. The van der Waals surface area contributed by atoms with Crippen molar-refractivity contribution in [3.63, 3.8) is 0 Å². The molecular weight excluding hydrogens is 224 g/mol. The molecule has 4 nitrogen and oxygen atoms in total. The molecule has 16 heavy (non-hydrogen) atoms. The van der Waals surface area contributed by atoms with Crippen LogP contribution < -0.4 is 5.14 Å². The Bertz CT molecular complexity index is 352. The molecule has 0 unspecified atom stereocenters. The Morgan fingerprint density at radius 1 is 1.44 bits per heavy atom. The minimum atomic E-state index is -0.255. The summed E-state index contributed by atoms with van der Waals surface area (Å²) in [5.41, 5.74) is 1.00. The molecule has 0 bridgehead atoms. The number of likely N-dealkylation sites (tertiary alicyclic amines) is 1. The summed E-state index contributed by atoms with van der Waals surface area (Å²) >= 11 is 1.30. The highest BCUT2D eigenvalue weighted by Gasteiger charge is 2.31. The first kappa shape index (κ1) is 11.3. The number of benzene rings is 1. The minimum Gasteiger partial charge on any atom is -0.445 e. The lowest BCUT2D eigenvalue weighted by Crippen LogP contribution is -2.52. The molecule has 0 saturated carbocycles. The number of amides is 1. The number of ether oxygens (including phenoxy) is 1. The van der Waals surface area contributed by atoms with Crippen LogP contribution in [0.15, 0.2) is 30.3 Å². The van der Waals surface area contributed by atoms with E-state index in [-0.39, 0.29) is 6.09 Å². The Morgan fingerprint density at radius 2 is 2.12 bits per heavy atom. The lowest BCUT2D eigenvalue weighted by atomic mass is 10.2. The number of carbonyl (C=O) groups excluding carboxylic acids is 1. The molecule has 1 heterocycles. The van der Waals surface area contributed by atoms with E-state index in [4.69, 9.17) is 9.88 Å². The van der Waals surface area contributed by atoms with E-state index in [9.17, 15) is 4.79 Å². The van der Waals surface area contributed by atoms with E-state index in [0.717, 1.165) is 5.56 Å². The summed E-state index contributed by atoms with van der Waals surface area (Å²) in [6.45, 7) is 1.71. The third-order valence-corrected chi connectivity index (χ3v) is 3.19. The van der Waals surface area contributed by atoms with Crippen LogP contribution in [0.4, 0.5) is 4.79 Å². The maximum absolute atomic E-state index is 11.5. The fourth-order valence-corrected chi connectivity index (χ4v) is 2.02. The van der Waals surface area contributed by atoms with Gasteiger partial charge >= 0.3 is 6.09 Å². The minimum absolute atomic E-state index is 0.255. The fraction of sp³-hybridized carbons (Fsp3) is 0.364. The number of nitrogens with two attached hydrogens (primary N) is 1. The number of carbonyl (C=O) groups is 1. The highest BCUT2D eigenvalue weighted by atomic mass is 32.2. The third-order valence-electron chi connectivity index (χ3n) is 2.50. The van der Waals surface area contributed by atoms with Crippen LogP contribution in [0.3, 0.4) is 0 Å². The quantitative estimate of drug-likeness (QED) is 0.813. The van der Waals surface area contributed by atoms with Crippen LogP contribution in [0, 0.1) is 0 Å². The summed E-state index contributed by atoms with van der Waals surface area (Å²) < 4.78 is 5.16. The van der Waals surface area contributed by atoms with E-state index in [0.29, 0.717) is 24.9 Å². The van der Waals surface area contributed by atoms with Crippen molar-refractivity contribution in [2.75, 3.05) is 13.1 Å². The van der Waals surface area contributed by atoms with Crippen LogP contribution in [0.5, 0.6) is 0 Å². The van der Waals surface area contributed by atoms with Crippen molar-refractivity contribution < 1.29 is 9.53 Å². The molecule has 0 atom stereocenters. The van der Waals surface area contributed by atoms with E-state index in [1.165, 1.54) is 11.9 Å². The molecule has 2 N–H and O–H groups in total. The first-order chi connectivity index (χ1) is 7.79. The van der Waals surface area contributed by atoms with Crippen LogP contribution in [0.25, 0.3) is 0 Å². The van der Waals surface area contributed by atoms with Crippen molar-refractivity contribution in [1.82, 2.24) is 4.90 Å². The Hall–Kier alpha value is -1.20. The van der Waals surface area contributed by atoms with Crippen LogP contribution >= 0.6 is 11.9 Å². The van der Waals surface area contributed by atoms with Crippen molar-refractivity contribution >= 4 is 18.0 Å². The summed E-state index contributed by atoms with van der Waals surface area (Å²) in [6, 6.07) is 9.65. The molecule has 1 aliphatic rings. The van der Waals surface area contributed by atoms with Gasteiger partial charge in [0.05, 0.1) is 5.25 Å². The van der Waals surface area contributed by atoms with Crippen molar-refractivity contribution in [2.45, 2.75) is 11.9 Å². The van der Waals surface area contributed by atoms with Gasteiger partial charge in [0.1, 0.15) is 6.61 Å². The van der Waals surface area contributed by atoms with Gasteiger partial charge in [-0.05, 0) is 5.56 Å². The average Bonchev–Trinajstić information content (AvgIpc) is 2.26. The Balaban J connectivity index is 1.73. The van der Waals surface area contributed by atoms with Gasteiger partial charge < -0.3 is 9.64 Å². The van der Waals surface area contributed by atoms with Crippen LogP contribution in [0.1, 0.15) is 5.56 Å². The van der Waals surface area contributed by atoms with Crippen LogP contribution in [-0.4, -0.2) is 29.3 Å². The van der Waals surface area contributed by atoms with Crippen LogP contribution in [0.2, 0.25) is 0 Å². The molecule has 0 radical (unpaired) electrons. The summed E-state index contributed by atoms with van der Waals surface area (Å²) in [6.07, 6.45) is -0.255. The molecule has 0 aromatic heterocycles. The maximum Gasteiger partial charge on any atom is 0.410 e. The lowest BCUT2D eigenvalue weighted by Gasteiger charge is -2.36. The normalized spacial score (nSPS) is 15.7. The largest absolute Gasteiger partial charge is 0.445 e. The third kappa shape index (κ3) is 2.68. The van der Waals surface area contributed by atoms with Crippen LogP contribution in [-0.2, 0) is 11.3 Å². The molecule has 1 saturated heterocycles. The molecule has 86 valence electrons. The lowest BCUT2D eigenvalue weighted by molar-refractivity contribution is 0.0778. The number of hydrogen-bond acceptors (Lipinski definition) is 4. The number of nitrogens with zero attached hydrogens (tertiary/aromatic N) is 1. The first-order valence-electron chi connectivity index (χ1n) is 5.11. The zero-order valence-electron chi connectivity index (χ0n) is 8.83. The standard InChI is InChI=1S/C11H14N2O2S/c12-16-10-6-13(7-10)11(14)15-8-9-4-2-1-3-5-9/h1-5,10H,6-8,12H2. The van der Waals surface area contributed by atoms with E-state index in [2.05, 4.69) is 0 Å². The predicted octanol–water partition coefficient (Wildman–Crippen LogP) is 1.61. The van der Waals surface area contributed by atoms with Gasteiger partial charge in [0.15, 0.2) is 0 Å².